The van der Waals surface area contributed by atoms with Crippen molar-refractivity contribution in [2.75, 3.05) is 17.7 Å². The van der Waals surface area contributed by atoms with Crippen LogP contribution >= 0.6 is 11.8 Å². The number of anilines is 1. The Bertz CT molecular complexity index is 944. The predicted octanol–water partition coefficient (Wildman–Crippen LogP) is 4.23. The molecule has 0 fully saturated rings. The summed E-state index contributed by atoms with van der Waals surface area (Å²) in [5, 5.41) is 11.9. The number of para-hydroxylation sites is 1. The van der Waals surface area contributed by atoms with Gasteiger partial charge in [-0.05, 0) is 50.2 Å². The molecule has 0 saturated carbocycles. The molecule has 1 aromatic heterocycles. The van der Waals surface area contributed by atoms with Gasteiger partial charge in [-0.15, -0.1) is 10.2 Å². The molecule has 0 saturated heterocycles. The molecule has 1 heterocycles. The average Bonchev–Trinajstić information content (AvgIpc) is 3.11. The molecule has 0 atom stereocenters. The fourth-order valence-electron chi connectivity index (χ4n) is 2.67. The fraction of sp³-hybridized carbons (Fsp3) is 0.250. The average molecular weight is 400 g/mol. The smallest absolute Gasteiger partial charge is 0.234 e. The highest BCUT2D eigenvalue weighted by Crippen LogP contribution is 2.31. The first-order valence-electron chi connectivity index (χ1n) is 8.96. The number of rotatable bonds is 8. The molecule has 146 valence electrons. The van der Waals surface area contributed by atoms with E-state index in [4.69, 9.17) is 4.74 Å². The van der Waals surface area contributed by atoms with Crippen molar-refractivity contribution < 1.29 is 13.9 Å². The lowest BCUT2D eigenvalue weighted by Crippen LogP contribution is -2.14. The van der Waals surface area contributed by atoms with Crippen LogP contribution in [-0.2, 0) is 11.3 Å². The fourth-order valence-corrected chi connectivity index (χ4v) is 3.48. The van der Waals surface area contributed by atoms with Crippen LogP contribution in [0.15, 0.2) is 53.7 Å². The summed E-state index contributed by atoms with van der Waals surface area (Å²) in [4.78, 5) is 12.2. The lowest BCUT2D eigenvalue weighted by molar-refractivity contribution is -0.113. The zero-order chi connectivity index (χ0) is 19.9. The summed E-state index contributed by atoms with van der Waals surface area (Å²) in [6.45, 7) is 5.15. The van der Waals surface area contributed by atoms with E-state index >= 15 is 0 Å². The van der Waals surface area contributed by atoms with E-state index in [0.717, 1.165) is 11.3 Å². The van der Waals surface area contributed by atoms with Crippen molar-refractivity contribution in [2.24, 2.45) is 0 Å². The number of benzene rings is 2. The molecule has 0 aliphatic heterocycles. The summed E-state index contributed by atoms with van der Waals surface area (Å²) in [5.74, 6) is 1.08. The molecule has 0 spiro atoms. The third-order valence-electron chi connectivity index (χ3n) is 3.92. The summed E-state index contributed by atoms with van der Waals surface area (Å²) in [6, 6.07) is 13.3. The second-order valence-electron chi connectivity index (χ2n) is 5.82. The number of ether oxygens (including phenoxy) is 1. The van der Waals surface area contributed by atoms with E-state index in [1.165, 1.54) is 36.0 Å². The molecule has 8 heteroatoms. The number of hydrogen-bond donors (Lipinski definition) is 1. The Balaban J connectivity index is 1.72. The van der Waals surface area contributed by atoms with Crippen molar-refractivity contribution in [1.29, 1.82) is 0 Å². The summed E-state index contributed by atoms with van der Waals surface area (Å²) in [5.41, 5.74) is 1.41. The molecular weight excluding hydrogens is 379 g/mol. The van der Waals surface area contributed by atoms with Crippen LogP contribution in [-0.4, -0.2) is 33.0 Å². The molecule has 0 radical (unpaired) electrons. The lowest BCUT2D eigenvalue weighted by atomic mass is 10.2. The van der Waals surface area contributed by atoms with Gasteiger partial charge >= 0.3 is 0 Å². The number of thioether (sulfide) groups is 1. The van der Waals surface area contributed by atoms with Gasteiger partial charge < -0.3 is 14.6 Å². The molecule has 0 bridgehead atoms. The third kappa shape index (κ3) is 4.69. The van der Waals surface area contributed by atoms with Gasteiger partial charge in [0.2, 0.25) is 5.91 Å². The van der Waals surface area contributed by atoms with Crippen LogP contribution in [0.5, 0.6) is 5.75 Å². The maximum atomic E-state index is 13.0. The summed E-state index contributed by atoms with van der Waals surface area (Å²) < 4.78 is 20.6. The molecule has 28 heavy (non-hydrogen) atoms. The van der Waals surface area contributed by atoms with Gasteiger partial charge in [-0.25, -0.2) is 4.39 Å². The molecular formula is C20H21FN4O2S. The number of carbonyl (C=O) groups is 1. The van der Waals surface area contributed by atoms with Gasteiger partial charge in [-0.3, -0.25) is 4.79 Å². The molecule has 3 aromatic rings. The highest BCUT2D eigenvalue weighted by molar-refractivity contribution is 7.99. The van der Waals surface area contributed by atoms with Crippen LogP contribution in [0.2, 0.25) is 0 Å². The number of carbonyl (C=O) groups excluding carboxylic acids is 1. The van der Waals surface area contributed by atoms with Gasteiger partial charge in [0.05, 0.1) is 17.9 Å². The van der Waals surface area contributed by atoms with Gasteiger partial charge in [-0.2, -0.15) is 0 Å². The van der Waals surface area contributed by atoms with E-state index in [1.807, 2.05) is 42.7 Å². The Morgan fingerprint density at radius 1 is 1.14 bits per heavy atom. The van der Waals surface area contributed by atoms with E-state index in [9.17, 15) is 9.18 Å². The van der Waals surface area contributed by atoms with Crippen LogP contribution < -0.4 is 10.1 Å². The first-order chi connectivity index (χ1) is 13.6. The molecule has 6 nitrogen and oxygen atoms in total. The van der Waals surface area contributed by atoms with Crippen molar-refractivity contribution >= 4 is 23.4 Å². The number of amides is 1. The Kier molecular flexibility index (Phi) is 6.65. The summed E-state index contributed by atoms with van der Waals surface area (Å²) >= 11 is 1.30. The van der Waals surface area contributed by atoms with Crippen molar-refractivity contribution in [3.05, 3.63) is 54.3 Å². The van der Waals surface area contributed by atoms with Crippen molar-refractivity contribution in [2.45, 2.75) is 25.5 Å². The van der Waals surface area contributed by atoms with Gasteiger partial charge in [0.1, 0.15) is 11.6 Å². The monoisotopic (exact) mass is 400 g/mol. The number of nitrogens with zero attached hydrogens (tertiary/aromatic N) is 3. The molecule has 0 unspecified atom stereocenters. The number of aromatic nitrogens is 3. The van der Waals surface area contributed by atoms with Crippen LogP contribution in [0.4, 0.5) is 10.1 Å². The van der Waals surface area contributed by atoms with Crippen molar-refractivity contribution in [3.8, 4) is 17.1 Å². The zero-order valence-corrected chi connectivity index (χ0v) is 16.5. The molecule has 2 aromatic carbocycles. The van der Waals surface area contributed by atoms with Gasteiger partial charge in [0.25, 0.3) is 0 Å². The number of nitrogens with one attached hydrogen (secondary N) is 1. The summed E-state index contributed by atoms with van der Waals surface area (Å²) in [7, 11) is 0. The minimum absolute atomic E-state index is 0.169. The van der Waals surface area contributed by atoms with Crippen molar-refractivity contribution in [1.82, 2.24) is 14.8 Å². The Morgan fingerprint density at radius 3 is 2.61 bits per heavy atom. The Labute approximate surface area is 167 Å². The number of hydrogen-bond acceptors (Lipinski definition) is 5. The van der Waals surface area contributed by atoms with Crippen LogP contribution in [0, 0.1) is 5.82 Å². The van der Waals surface area contributed by atoms with E-state index in [2.05, 4.69) is 15.5 Å². The Hall–Kier alpha value is -2.87. The third-order valence-corrected chi connectivity index (χ3v) is 4.89. The highest BCUT2D eigenvalue weighted by Gasteiger charge is 2.17. The van der Waals surface area contributed by atoms with Crippen LogP contribution in [0.3, 0.4) is 0 Å². The highest BCUT2D eigenvalue weighted by atomic mass is 32.2. The minimum atomic E-state index is -0.344. The van der Waals surface area contributed by atoms with E-state index in [-0.39, 0.29) is 17.5 Å². The second kappa shape index (κ2) is 9.36. The van der Waals surface area contributed by atoms with Crippen LogP contribution in [0.1, 0.15) is 13.8 Å². The molecule has 0 aliphatic rings. The van der Waals surface area contributed by atoms with Crippen LogP contribution in [0.25, 0.3) is 11.4 Å². The topological polar surface area (TPSA) is 69.0 Å². The van der Waals surface area contributed by atoms with Crippen molar-refractivity contribution in [3.63, 3.8) is 0 Å². The van der Waals surface area contributed by atoms with E-state index < -0.39 is 0 Å². The van der Waals surface area contributed by atoms with Gasteiger partial charge in [0, 0.05) is 12.2 Å². The second-order valence-corrected chi connectivity index (χ2v) is 6.77. The predicted molar refractivity (Wildman–Crippen MR) is 108 cm³/mol. The summed E-state index contributed by atoms with van der Waals surface area (Å²) in [6.07, 6.45) is 0. The Morgan fingerprint density at radius 2 is 1.89 bits per heavy atom. The molecule has 1 amide bonds. The standard InChI is InChI=1S/C20H21FN4O2S/c1-3-25-19(16-7-5-6-8-17(16)27-4-2)23-24-20(25)28-13-18(26)22-15-11-9-14(21)10-12-15/h5-12H,3-4,13H2,1-2H3,(H,22,26). The number of halogens is 1. The maximum absolute atomic E-state index is 13.0. The zero-order valence-electron chi connectivity index (χ0n) is 15.7. The molecule has 0 aliphatic carbocycles. The molecule has 3 rings (SSSR count). The molecule has 1 N–H and O–H groups in total. The van der Waals surface area contributed by atoms with E-state index in [0.29, 0.717) is 29.8 Å². The lowest BCUT2D eigenvalue weighted by Gasteiger charge is -2.11. The normalized spacial score (nSPS) is 10.7. The largest absolute Gasteiger partial charge is 0.493 e. The maximum Gasteiger partial charge on any atom is 0.234 e. The SMILES string of the molecule is CCOc1ccccc1-c1nnc(SCC(=O)Nc2ccc(F)cc2)n1CC. The first-order valence-corrected chi connectivity index (χ1v) is 9.94. The van der Waals surface area contributed by atoms with Gasteiger partial charge in [0.15, 0.2) is 11.0 Å². The van der Waals surface area contributed by atoms with E-state index in [1.54, 1.807) is 0 Å². The quantitative estimate of drug-likeness (QED) is 0.573. The first kappa shape index (κ1) is 19.9. The minimum Gasteiger partial charge on any atom is -0.493 e. The van der Waals surface area contributed by atoms with Gasteiger partial charge in [-0.1, -0.05) is 23.9 Å².